The number of nitrogens with one attached hydrogen (secondary N) is 1. The molecule has 0 aromatic carbocycles. The van der Waals surface area contributed by atoms with E-state index in [2.05, 4.69) is 5.32 Å². The minimum atomic E-state index is -4.21. The highest BCUT2D eigenvalue weighted by Gasteiger charge is 2.28. The van der Waals surface area contributed by atoms with Crippen molar-refractivity contribution in [2.24, 2.45) is 11.7 Å². The Balaban J connectivity index is 2.16. The zero-order valence-corrected chi connectivity index (χ0v) is 9.02. The molecule has 1 aliphatic carbocycles. The predicted molar refractivity (Wildman–Crippen MR) is 53.6 cm³/mol. The second-order valence-corrected chi connectivity index (χ2v) is 4.27. The maximum Gasteiger partial charge on any atom is 0.390 e. The zero-order valence-electron chi connectivity index (χ0n) is 9.02. The van der Waals surface area contributed by atoms with Gasteiger partial charge in [-0.1, -0.05) is 6.42 Å². The van der Waals surface area contributed by atoms with Gasteiger partial charge < -0.3 is 11.1 Å². The lowest BCUT2D eigenvalue weighted by atomic mass is 10.00. The molecule has 0 saturated heterocycles. The highest BCUT2D eigenvalue weighted by molar-refractivity contribution is 5.76. The summed E-state index contributed by atoms with van der Waals surface area (Å²) in [6, 6.07) is 0.0216. The largest absolute Gasteiger partial charge is 0.390 e. The van der Waals surface area contributed by atoms with Gasteiger partial charge in [0.1, 0.15) is 0 Å². The number of carbonyl (C=O) groups excluding carboxylic acids is 1. The molecule has 0 aromatic rings. The summed E-state index contributed by atoms with van der Waals surface area (Å²) in [6.45, 7) is -0.343. The van der Waals surface area contributed by atoms with Gasteiger partial charge in [-0.25, -0.2) is 0 Å². The third-order valence-corrected chi connectivity index (χ3v) is 2.90. The molecule has 0 radical (unpaired) electrons. The molecule has 1 saturated carbocycles. The van der Waals surface area contributed by atoms with Crippen molar-refractivity contribution in [2.75, 3.05) is 6.54 Å². The molecule has 1 fully saturated rings. The van der Waals surface area contributed by atoms with Crippen LogP contribution in [0.2, 0.25) is 0 Å². The van der Waals surface area contributed by atoms with Gasteiger partial charge in [0.2, 0.25) is 5.91 Å². The van der Waals surface area contributed by atoms with Gasteiger partial charge in [0.05, 0.1) is 6.42 Å². The van der Waals surface area contributed by atoms with Gasteiger partial charge in [-0.3, -0.25) is 4.79 Å². The molecule has 1 aliphatic rings. The number of carbonyl (C=O) groups is 1. The van der Waals surface area contributed by atoms with Crippen LogP contribution in [0.15, 0.2) is 0 Å². The standard InChI is InChI=1S/C10H17F3N2O/c11-10(12,13)4-5-15-9(16)6-7-2-1-3-8(7)14/h7-8H,1-6,14H2,(H,15,16)/t7-,8+/m0/s1. The molecule has 3 N–H and O–H groups in total. The molecule has 1 amide bonds. The fourth-order valence-electron chi connectivity index (χ4n) is 1.97. The van der Waals surface area contributed by atoms with Crippen LogP contribution in [0.25, 0.3) is 0 Å². The first-order valence-electron chi connectivity index (χ1n) is 5.47. The summed E-state index contributed by atoms with van der Waals surface area (Å²) in [6.07, 6.45) is -2.14. The third kappa shape index (κ3) is 4.83. The van der Waals surface area contributed by atoms with Crippen LogP contribution >= 0.6 is 0 Å². The van der Waals surface area contributed by atoms with E-state index >= 15 is 0 Å². The van der Waals surface area contributed by atoms with Crippen LogP contribution in [0.5, 0.6) is 0 Å². The Hall–Kier alpha value is -0.780. The van der Waals surface area contributed by atoms with E-state index < -0.39 is 12.6 Å². The average Bonchev–Trinajstić information content (AvgIpc) is 2.49. The summed E-state index contributed by atoms with van der Waals surface area (Å²) in [4.78, 5) is 11.3. The summed E-state index contributed by atoms with van der Waals surface area (Å²) in [5.41, 5.74) is 5.77. The van der Waals surface area contributed by atoms with E-state index in [0.717, 1.165) is 19.3 Å². The molecule has 0 aliphatic heterocycles. The van der Waals surface area contributed by atoms with Gasteiger partial charge in [0.25, 0.3) is 0 Å². The van der Waals surface area contributed by atoms with Gasteiger partial charge in [-0.2, -0.15) is 13.2 Å². The first-order valence-corrected chi connectivity index (χ1v) is 5.47. The smallest absolute Gasteiger partial charge is 0.356 e. The molecule has 6 heteroatoms. The molecular weight excluding hydrogens is 221 g/mol. The van der Waals surface area contributed by atoms with Crippen molar-refractivity contribution in [1.82, 2.24) is 5.32 Å². The van der Waals surface area contributed by atoms with E-state index in [1.165, 1.54) is 0 Å². The van der Waals surface area contributed by atoms with E-state index in [4.69, 9.17) is 5.73 Å². The lowest BCUT2D eigenvalue weighted by Gasteiger charge is -2.15. The molecule has 1 rings (SSSR count). The number of amides is 1. The van der Waals surface area contributed by atoms with Crippen molar-refractivity contribution >= 4 is 5.91 Å². The highest BCUT2D eigenvalue weighted by atomic mass is 19.4. The Morgan fingerprint density at radius 3 is 2.56 bits per heavy atom. The SMILES string of the molecule is N[C@@H]1CCC[C@H]1CC(=O)NCCC(F)(F)F. The molecule has 0 bridgehead atoms. The highest BCUT2D eigenvalue weighted by Crippen LogP contribution is 2.26. The monoisotopic (exact) mass is 238 g/mol. The minimum Gasteiger partial charge on any atom is -0.356 e. The molecule has 0 spiro atoms. The summed E-state index contributed by atoms with van der Waals surface area (Å²) >= 11 is 0. The van der Waals surface area contributed by atoms with Crippen LogP contribution in [0.1, 0.15) is 32.1 Å². The van der Waals surface area contributed by atoms with Crippen molar-refractivity contribution in [3.8, 4) is 0 Å². The molecule has 3 nitrogen and oxygen atoms in total. The fourth-order valence-corrected chi connectivity index (χ4v) is 1.97. The van der Waals surface area contributed by atoms with Crippen molar-refractivity contribution in [2.45, 2.75) is 44.3 Å². The number of alkyl halides is 3. The maximum atomic E-state index is 11.8. The predicted octanol–water partition coefficient (Wildman–Crippen LogP) is 1.57. The van der Waals surface area contributed by atoms with Crippen molar-refractivity contribution in [1.29, 1.82) is 0 Å². The molecule has 0 heterocycles. The molecular formula is C10H17F3N2O. The second kappa shape index (κ2) is 5.52. The summed E-state index contributed by atoms with van der Waals surface area (Å²) in [7, 11) is 0. The Morgan fingerprint density at radius 1 is 1.38 bits per heavy atom. The van der Waals surface area contributed by atoms with Crippen molar-refractivity contribution < 1.29 is 18.0 Å². The Kier molecular flexibility index (Phi) is 4.58. The van der Waals surface area contributed by atoms with Gasteiger partial charge >= 0.3 is 6.18 Å². The number of hydrogen-bond donors (Lipinski definition) is 2. The fraction of sp³-hybridized carbons (Fsp3) is 0.900. The van der Waals surface area contributed by atoms with Crippen LogP contribution < -0.4 is 11.1 Å². The van der Waals surface area contributed by atoms with Crippen LogP contribution in [0, 0.1) is 5.92 Å². The van der Waals surface area contributed by atoms with Gasteiger partial charge in [0, 0.05) is 19.0 Å². The van der Waals surface area contributed by atoms with Crippen molar-refractivity contribution in [3.63, 3.8) is 0 Å². The molecule has 0 unspecified atom stereocenters. The topological polar surface area (TPSA) is 55.1 Å². The number of rotatable bonds is 4. The minimum absolute atomic E-state index is 0.0216. The molecule has 94 valence electrons. The third-order valence-electron chi connectivity index (χ3n) is 2.90. The molecule has 2 atom stereocenters. The van der Waals surface area contributed by atoms with Gasteiger partial charge in [-0.15, -0.1) is 0 Å². The number of hydrogen-bond acceptors (Lipinski definition) is 2. The van der Waals surface area contributed by atoms with E-state index in [1.54, 1.807) is 0 Å². The Bertz CT molecular complexity index is 243. The van der Waals surface area contributed by atoms with Crippen LogP contribution in [0.4, 0.5) is 13.2 Å². The second-order valence-electron chi connectivity index (χ2n) is 4.27. The van der Waals surface area contributed by atoms with E-state index in [-0.39, 0.29) is 30.8 Å². The quantitative estimate of drug-likeness (QED) is 0.781. The van der Waals surface area contributed by atoms with Gasteiger partial charge in [-0.05, 0) is 18.8 Å². The molecule has 16 heavy (non-hydrogen) atoms. The summed E-state index contributed by atoms with van der Waals surface area (Å²) < 4.78 is 35.4. The number of nitrogens with two attached hydrogens (primary N) is 1. The zero-order chi connectivity index (χ0) is 12.2. The maximum absolute atomic E-state index is 11.8. The average molecular weight is 238 g/mol. The summed E-state index contributed by atoms with van der Waals surface area (Å²) in [5, 5.41) is 2.27. The lowest BCUT2D eigenvalue weighted by molar-refractivity contribution is -0.135. The van der Waals surface area contributed by atoms with Gasteiger partial charge in [0.15, 0.2) is 0 Å². The van der Waals surface area contributed by atoms with Crippen LogP contribution in [-0.2, 0) is 4.79 Å². The van der Waals surface area contributed by atoms with E-state index in [9.17, 15) is 18.0 Å². The lowest BCUT2D eigenvalue weighted by Crippen LogP contribution is -2.33. The van der Waals surface area contributed by atoms with Crippen molar-refractivity contribution in [3.05, 3.63) is 0 Å². The van der Waals surface area contributed by atoms with Crippen LogP contribution in [0.3, 0.4) is 0 Å². The normalized spacial score (nSPS) is 25.8. The Morgan fingerprint density at radius 2 is 2.06 bits per heavy atom. The van der Waals surface area contributed by atoms with Crippen LogP contribution in [-0.4, -0.2) is 24.7 Å². The van der Waals surface area contributed by atoms with E-state index in [1.807, 2.05) is 0 Å². The Labute approximate surface area is 92.6 Å². The van der Waals surface area contributed by atoms with E-state index in [0.29, 0.717) is 0 Å². The molecule has 0 aromatic heterocycles. The first kappa shape index (κ1) is 13.3. The first-order chi connectivity index (χ1) is 7.38. The summed E-state index contributed by atoms with van der Waals surface area (Å²) in [5.74, 6) is -0.197. The number of halogens is 3.